The summed E-state index contributed by atoms with van der Waals surface area (Å²) in [5.74, 6) is -1.45. The number of nitrogen functional groups attached to an aromatic ring is 1. The molecule has 0 aliphatic rings. The third-order valence-electron chi connectivity index (χ3n) is 2.61. The summed E-state index contributed by atoms with van der Waals surface area (Å²) in [4.78, 5) is 26.1. The summed E-state index contributed by atoms with van der Waals surface area (Å²) in [6, 6.07) is 9.87. The van der Waals surface area contributed by atoms with E-state index >= 15 is 0 Å². The zero-order chi connectivity index (χ0) is 15.2. The Hall–Kier alpha value is -3.15. The van der Waals surface area contributed by atoms with Gasteiger partial charge in [0, 0.05) is 11.8 Å². The van der Waals surface area contributed by atoms with Crippen molar-refractivity contribution in [3.8, 4) is 0 Å². The summed E-state index contributed by atoms with van der Waals surface area (Å²) >= 11 is 0. The molecule has 0 spiro atoms. The molecule has 0 aliphatic carbocycles. The Morgan fingerprint density at radius 2 is 1.86 bits per heavy atom. The lowest BCUT2D eigenvalue weighted by Gasteiger charge is -2.01. The molecule has 0 radical (unpaired) electrons. The number of carbonyl (C=O) groups is 2. The minimum absolute atomic E-state index is 0.0783. The fraction of sp³-hybridized carbons (Fsp3) is 0. The Morgan fingerprint density at radius 3 is 2.43 bits per heavy atom. The monoisotopic (exact) mass is 283 g/mol. The van der Waals surface area contributed by atoms with Crippen LogP contribution in [0.4, 0.5) is 11.4 Å². The van der Waals surface area contributed by atoms with Crippen LogP contribution in [0.5, 0.6) is 0 Å². The van der Waals surface area contributed by atoms with Crippen LogP contribution in [0.1, 0.15) is 16.1 Å². The third-order valence-corrected chi connectivity index (χ3v) is 2.61. The second kappa shape index (κ2) is 6.33. The normalized spacial score (nSPS) is 10.5. The van der Waals surface area contributed by atoms with Crippen LogP contribution in [-0.2, 0) is 4.79 Å². The molecule has 106 valence electrons. The molecule has 0 saturated carbocycles. The maximum Gasteiger partial charge on any atom is 0.354 e. The van der Waals surface area contributed by atoms with Crippen molar-refractivity contribution in [3.63, 3.8) is 0 Å². The molecule has 2 aromatic rings. The van der Waals surface area contributed by atoms with E-state index in [1.165, 1.54) is 24.4 Å². The Morgan fingerprint density at radius 1 is 1.14 bits per heavy atom. The molecule has 1 heterocycles. The minimum atomic E-state index is -1.11. The van der Waals surface area contributed by atoms with Gasteiger partial charge in [-0.1, -0.05) is 12.1 Å². The molecule has 0 fully saturated rings. The van der Waals surface area contributed by atoms with Crippen LogP contribution in [0.3, 0.4) is 0 Å². The quantitative estimate of drug-likeness (QED) is 0.588. The highest BCUT2D eigenvalue weighted by molar-refractivity contribution is 6.02. The van der Waals surface area contributed by atoms with Crippen molar-refractivity contribution in [2.45, 2.75) is 0 Å². The van der Waals surface area contributed by atoms with Gasteiger partial charge in [0.25, 0.3) is 0 Å². The first-order valence-corrected chi connectivity index (χ1v) is 6.08. The first-order chi connectivity index (χ1) is 10.0. The molecular formula is C15H13N3O3. The first kappa shape index (κ1) is 14.3. The van der Waals surface area contributed by atoms with Crippen molar-refractivity contribution >= 4 is 29.3 Å². The lowest BCUT2D eigenvalue weighted by molar-refractivity contribution is -0.111. The largest absolute Gasteiger partial charge is 0.477 e. The molecule has 0 bridgehead atoms. The first-order valence-electron chi connectivity index (χ1n) is 6.08. The molecule has 1 aromatic carbocycles. The SMILES string of the molecule is Nc1ccc(/C=C/C(=O)Nc2ccc(C(=O)O)nc2)cc1. The van der Waals surface area contributed by atoms with Crippen LogP contribution in [0.2, 0.25) is 0 Å². The molecule has 0 atom stereocenters. The number of hydrogen-bond donors (Lipinski definition) is 3. The summed E-state index contributed by atoms with van der Waals surface area (Å²) in [6.45, 7) is 0. The number of aromatic carboxylic acids is 1. The highest BCUT2D eigenvalue weighted by Crippen LogP contribution is 2.09. The van der Waals surface area contributed by atoms with Crippen LogP contribution in [0.15, 0.2) is 48.7 Å². The second-order valence-corrected chi connectivity index (χ2v) is 4.23. The average Bonchev–Trinajstić information content (AvgIpc) is 2.47. The van der Waals surface area contributed by atoms with E-state index in [-0.39, 0.29) is 11.6 Å². The summed E-state index contributed by atoms with van der Waals surface area (Å²) in [5, 5.41) is 11.3. The summed E-state index contributed by atoms with van der Waals surface area (Å²) in [6.07, 6.45) is 4.31. The summed E-state index contributed by atoms with van der Waals surface area (Å²) < 4.78 is 0. The number of pyridine rings is 1. The van der Waals surface area contributed by atoms with E-state index in [0.29, 0.717) is 11.4 Å². The zero-order valence-electron chi connectivity index (χ0n) is 11.0. The number of carboxylic acid groups (broad SMARTS) is 1. The van der Waals surface area contributed by atoms with Crippen LogP contribution < -0.4 is 11.1 Å². The van der Waals surface area contributed by atoms with Crippen molar-refractivity contribution in [2.75, 3.05) is 11.1 Å². The molecule has 0 saturated heterocycles. The van der Waals surface area contributed by atoms with Crippen LogP contribution >= 0.6 is 0 Å². The van der Waals surface area contributed by atoms with Crippen molar-refractivity contribution in [2.24, 2.45) is 0 Å². The molecule has 1 amide bonds. The Labute approximate surface area is 120 Å². The van der Waals surface area contributed by atoms with Gasteiger partial charge in [-0.15, -0.1) is 0 Å². The molecule has 0 aliphatic heterocycles. The fourth-order valence-corrected chi connectivity index (χ4v) is 1.56. The van der Waals surface area contributed by atoms with E-state index in [9.17, 15) is 9.59 Å². The number of nitrogens with one attached hydrogen (secondary N) is 1. The molecule has 0 unspecified atom stereocenters. The topological polar surface area (TPSA) is 105 Å². The fourth-order valence-electron chi connectivity index (χ4n) is 1.56. The summed E-state index contributed by atoms with van der Waals surface area (Å²) in [5.41, 5.74) is 7.41. The lowest BCUT2D eigenvalue weighted by atomic mass is 10.2. The number of amides is 1. The standard InChI is InChI=1S/C15H13N3O3/c16-11-4-1-10(2-5-11)3-8-14(19)18-12-6-7-13(15(20)21)17-9-12/h1-9H,16H2,(H,18,19)(H,20,21)/b8-3+. The number of carbonyl (C=O) groups excluding carboxylic acids is 1. The summed E-state index contributed by atoms with van der Waals surface area (Å²) in [7, 11) is 0. The van der Waals surface area contributed by atoms with E-state index < -0.39 is 5.97 Å². The number of anilines is 2. The van der Waals surface area contributed by atoms with Gasteiger partial charge in [0.2, 0.25) is 5.91 Å². The number of carboxylic acids is 1. The van der Waals surface area contributed by atoms with Gasteiger partial charge in [-0.25, -0.2) is 9.78 Å². The zero-order valence-corrected chi connectivity index (χ0v) is 11.0. The molecule has 21 heavy (non-hydrogen) atoms. The highest BCUT2D eigenvalue weighted by atomic mass is 16.4. The predicted molar refractivity (Wildman–Crippen MR) is 79.7 cm³/mol. The average molecular weight is 283 g/mol. The molecule has 2 rings (SSSR count). The van der Waals surface area contributed by atoms with E-state index in [2.05, 4.69) is 10.3 Å². The van der Waals surface area contributed by atoms with Gasteiger partial charge in [0.15, 0.2) is 0 Å². The Kier molecular flexibility index (Phi) is 4.30. The maximum absolute atomic E-state index is 11.7. The van der Waals surface area contributed by atoms with Gasteiger partial charge in [0.1, 0.15) is 5.69 Å². The maximum atomic E-state index is 11.7. The van der Waals surface area contributed by atoms with Gasteiger partial charge in [-0.2, -0.15) is 0 Å². The van der Waals surface area contributed by atoms with Crippen LogP contribution in [0, 0.1) is 0 Å². The van der Waals surface area contributed by atoms with E-state index in [1.807, 2.05) is 0 Å². The number of hydrogen-bond acceptors (Lipinski definition) is 4. The lowest BCUT2D eigenvalue weighted by Crippen LogP contribution is -2.09. The minimum Gasteiger partial charge on any atom is -0.477 e. The van der Waals surface area contributed by atoms with Gasteiger partial charge in [-0.05, 0) is 35.9 Å². The van der Waals surface area contributed by atoms with Crippen LogP contribution in [-0.4, -0.2) is 22.0 Å². The van der Waals surface area contributed by atoms with Gasteiger partial charge >= 0.3 is 5.97 Å². The molecule has 6 heteroatoms. The molecular weight excluding hydrogens is 270 g/mol. The van der Waals surface area contributed by atoms with Crippen LogP contribution in [0.25, 0.3) is 6.08 Å². The highest BCUT2D eigenvalue weighted by Gasteiger charge is 2.04. The van der Waals surface area contributed by atoms with Gasteiger partial charge in [0.05, 0.1) is 11.9 Å². The van der Waals surface area contributed by atoms with Crippen molar-refractivity contribution in [1.29, 1.82) is 0 Å². The molecule has 1 aromatic heterocycles. The molecule has 6 nitrogen and oxygen atoms in total. The predicted octanol–water partition coefficient (Wildman–Crippen LogP) is 2.01. The van der Waals surface area contributed by atoms with E-state index in [0.717, 1.165) is 5.56 Å². The Balaban J connectivity index is 1.98. The second-order valence-electron chi connectivity index (χ2n) is 4.23. The molecule has 4 N–H and O–H groups in total. The van der Waals surface area contributed by atoms with Gasteiger partial charge < -0.3 is 16.2 Å². The smallest absolute Gasteiger partial charge is 0.354 e. The number of nitrogens with zero attached hydrogens (tertiary/aromatic N) is 1. The number of rotatable bonds is 4. The van der Waals surface area contributed by atoms with E-state index in [4.69, 9.17) is 10.8 Å². The Bertz CT molecular complexity index is 676. The van der Waals surface area contributed by atoms with Gasteiger partial charge in [-0.3, -0.25) is 4.79 Å². The van der Waals surface area contributed by atoms with Crippen molar-refractivity contribution in [1.82, 2.24) is 4.98 Å². The number of aromatic nitrogens is 1. The van der Waals surface area contributed by atoms with Crippen molar-refractivity contribution < 1.29 is 14.7 Å². The number of benzene rings is 1. The number of nitrogens with two attached hydrogens (primary N) is 1. The van der Waals surface area contributed by atoms with E-state index in [1.54, 1.807) is 30.3 Å². The van der Waals surface area contributed by atoms with Crippen molar-refractivity contribution in [3.05, 3.63) is 59.9 Å². The third kappa shape index (κ3) is 4.17.